The summed E-state index contributed by atoms with van der Waals surface area (Å²) in [5.74, 6) is -2.49. The highest BCUT2D eigenvalue weighted by Crippen LogP contribution is 2.74. The lowest BCUT2D eigenvalue weighted by Gasteiger charge is -2.39. The number of benzene rings is 5. The first-order chi connectivity index (χ1) is 24.8. The van der Waals surface area contributed by atoms with Crippen LogP contribution in [0.4, 0.5) is 5.69 Å². The largest absolute Gasteiger partial charge is 0.497 e. The maximum Gasteiger partial charge on any atom is 0.308 e. The van der Waals surface area contributed by atoms with Gasteiger partial charge in [-0.25, -0.2) is 4.90 Å². The molecule has 51 heavy (non-hydrogen) atoms. The summed E-state index contributed by atoms with van der Waals surface area (Å²) >= 11 is 0. The standard InChI is InChI=1S/C43H33NO7/c1-26(45)51-34-16-10-15-31(25-34)44-39(46)37-38(40(44)47)43(30-13-8-5-9-14-30)36(28-19-23-33(50-3)24-20-28)35(27-17-21-32(49-2)22-18-27)42(37,41(43)48)29-11-6-4-7-12-29/h4-25,37-38H,1-3H3/t37-,38-,42+,43+/m0/s1. The summed E-state index contributed by atoms with van der Waals surface area (Å²) in [6, 6.07) is 40.0. The highest BCUT2D eigenvalue weighted by molar-refractivity contribution is 6.39. The predicted molar refractivity (Wildman–Crippen MR) is 191 cm³/mol. The predicted octanol–water partition coefficient (Wildman–Crippen LogP) is 6.82. The summed E-state index contributed by atoms with van der Waals surface area (Å²) in [6.07, 6.45) is 0. The Morgan fingerprint density at radius 1 is 0.569 bits per heavy atom. The van der Waals surface area contributed by atoms with Crippen LogP contribution in [0, 0.1) is 11.8 Å². The molecule has 0 radical (unpaired) electrons. The van der Waals surface area contributed by atoms with Gasteiger partial charge in [0.25, 0.3) is 0 Å². The maximum absolute atomic E-state index is 16.1. The number of allylic oxidation sites excluding steroid dienone is 2. The summed E-state index contributed by atoms with van der Waals surface area (Å²) in [6.45, 7) is 1.28. The van der Waals surface area contributed by atoms with Crippen molar-refractivity contribution in [2.75, 3.05) is 19.1 Å². The molecule has 2 amide bonds. The molecule has 5 aromatic rings. The molecule has 0 spiro atoms. The third-order valence-electron chi connectivity index (χ3n) is 10.5. The van der Waals surface area contributed by atoms with Crippen LogP contribution in [0.1, 0.15) is 29.2 Å². The monoisotopic (exact) mass is 675 g/mol. The maximum atomic E-state index is 16.1. The number of carbonyl (C=O) groups excluding carboxylic acids is 4. The van der Waals surface area contributed by atoms with Crippen LogP contribution in [0.3, 0.4) is 0 Å². The van der Waals surface area contributed by atoms with Crippen LogP contribution >= 0.6 is 0 Å². The molecule has 1 saturated heterocycles. The van der Waals surface area contributed by atoms with Crippen molar-refractivity contribution in [2.45, 2.75) is 17.8 Å². The Morgan fingerprint density at radius 3 is 1.43 bits per heavy atom. The van der Waals surface area contributed by atoms with Crippen molar-refractivity contribution >= 4 is 40.4 Å². The van der Waals surface area contributed by atoms with E-state index in [9.17, 15) is 4.79 Å². The number of hydrogen-bond donors (Lipinski definition) is 0. The number of hydrogen-bond acceptors (Lipinski definition) is 7. The van der Waals surface area contributed by atoms with Gasteiger partial charge in [-0.1, -0.05) is 91.0 Å². The van der Waals surface area contributed by atoms with Gasteiger partial charge in [-0.3, -0.25) is 19.2 Å². The first-order valence-corrected chi connectivity index (χ1v) is 16.6. The average molecular weight is 676 g/mol. The summed E-state index contributed by atoms with van der Waals surface area (Å²) < 4.78 is 16.4. The average Bonchev–Trinajstić information content (AvgIpc) is 3.67. The number of nitrogens with zero attached hydrogens (tertiary/aromatic N) is 1. The fraction of sp³-hybridized carbons (Fsp3) is 0.163. The van der Waals surface area contributed by atoms with Crippen LogP contribution in [0.2, 0.25) is 0 Å². The van der Waals surface area contributed by atoms with Crippen LogP contribution in [0.15, 0.2) is 133 Å². The van der Waals surface area contributed by atoms with Crippen molar-refractivity contribution in [1.29, 1.82) is 0 Å². The van der Waals surface area contributed by atoms with Gasteiger partial charge in [-0.05, 0) is 69.8 Å². The molecule has 8 heteroatoms. The molecule has 0 N–H and O–H groups in total. The topological polar surface area (TPSA) is 99.2 Å². The van der Waals surface area contributed by atoms with E-state index < -0.39 is 40.4 Å². The fourth-order valence-corrected chi connectivity index (χ4v) is 8.75. The molecule has 2 bridgehead atoms. The van der Waals surface area contributed by atoms with E-state index in [4.69, 9.17) is 14.2 Å². The highest BCUT2D eigenvalue weighted by atomic mass is 16.5. The van der Waals surface area contributed by atoms with E-state index in [1.54, 1.807) is 32.4 Å². The number of Topliss-reactive ketones (excluding diaryl/α,β-unsaturated/α-hetero) is 1. The minimum atomic E-state index is -1.57. The lowest BCUT2D eigenvalue weighted by Crippen LogP contribution is -2.45. The Labute approximate surface area is 294 Å². The third kappa shape index (κ3) is 4.39. The van der Waals surface area contributed by atoms with Crippen LogP contribution in [-0.2, 0) is 30.0 Å². The molecule has 1 aliphatic heterocycles. The van der Waals surface area contributed by atoms with Gasteiger partial charge < -0.3 is 14.2 Å². The fourth-order valence-electron chi connectivity index (χ4n) is 8.75. The normalized spacial score (nSPS) is 23.4. The number of fused-ring (bicyclic) bond motifs is 5. The molecule has 8 nitrogen and oxygen atoms in total. The summed E-state index contributed by atoms with van der Waals surface area (Å²) in [4.78, 5) is 59.5. The number of carbonyl (C=O) groups is 4. The molecule has 2 fully saturated rings. The van der Waals surface area contributed by atoms with Crippen molar-refractivity contribution in [2.24, 2.45) is 11.8 Å². The van der Waals surface area contributed by atoms with Crippen LogP contribution in [-0.4, -0.2) is 37.8 Å². The number of esters is 1. The SMILES string of the molecule is COc1ccc(C2=C(c3ccc(OC)cc3)[C@@]3(c4ccccc4)C(=O)[C@@]2(c2ccccc2)[C@@H]2C(=O)N(c4cccc(OC(C)=O)c4)C(=O)[C@H]23)cc1. The second kappa shape index (κ2) is 11.9. The zero-order chi connectivity index (χ0) is 35.5. The second-order valence-corrected chi connectivity index (χ2v) is 12.9. The third-order valence-corrected chi connectivity index (χ3v) is 10.5. The van der Waals surface area contributed by atoms with E-state index in [1.165, 1.54) is 17.9 Å². The Kier molecular flexibility index (Phi) is 7.49. The molecule has 1 heterocycles. The van der Waals surface area contributed by atoms with Gasteiger partial charge in [-0.15, -0.1) is 0 Å². The molecule has 0 aromatic heterocycles. The molecule has 8 rings (SSSR count). The Balaban J connectivity index is 1.50. The van der Waals surface area contributed by atoms with Crippen molar-refractivity contribution in [1.82, 2.24) is 0 Å². The zero-order valence-corrected chi connectivity index (χ0v) is 28.2. The lowest BCUT2D eigenvalue weighted by atomic mass is 9.59. The van der Waals surface area contributed by atoms with Crippen LogP contribution in [0.5, 0.6) is 17.2 Å². The number of ether oxygens (including phenoxy) is 3. The van der Waals surface area contributed by atoms with Gasteiger partial charge in [0.1, 0.15) is 17.2 Å². The van der Waals surface area contributed by atoms with Gasteiger partial charge >= 0.3 is 5.97 Å². The molecule has 3 aliphatic rings. The van der Waals surface area contributed by atoms with E-state index in [0.29, 0.717) is 33.8 Å². The summed E-state index contributed by atoms with van der Waals surface area (Å²) in [5, 5.41) is 0. The molecule has 5 aromatic carbocycles. The zero-order valence-electron chi connectivity index (χ0n) is 28.2. The second-order valence-electron chi connectivity index (χ2n) is 12.9. The van der Waals surface area contributed by atoms with Crippen molar-refractivity contribution in [3.63, 3.8) is 0 Å². The van der Waals surface area contributed by atoms with E-state index in [0.717, 1.165) is 11.1 Å². The molecular weight excluding hydrogens is 642 g/mol. The lowest BCUT2D eigenvalue weighted by molar-refractivity contribution is -0.132. The summed E-state index contributed by atoms with van der Waals surface area (Å²) in [5.41, 5.74) is 1.13. The summed E-state index contributed by atoms with van der Waals surface area (Å²) in [7, 11) is 3.18. The minimum absolute atomic E-state index is 0.197. The van der Waals surface area contributed by atoms with Gasteiger partial charge in [0.15, 0.2) is 5.78 Å². The van der Waals surface area contributed by atoms with E-state index >= 15 is 14.4 Å². The highest BCUT2D eigenvalue weighted by Gasteiger charge is 2.82. The van der Waals surface area contributed by atoms with Gasteiger partial charge in [0.2, 0.25) is 11.8 Å². The minimum Gasteiger partial charge on any atom is -0.497 e. The molecule has 4 atom stereocenters. The number of methoxy groups -OCH3 is 2. The number of amides is 2. The van der Waals surface area contributed by atoms with Crippen LogP contribution < -0.4 is 19.1 Å². The molecule has 0 unspecified atom stereocenters. The molecule has 252 valence electrons. The Morgan fingerprint density at radius 2 is 1.02 bits per heavy atom. The molecular formula is C43H33NO7. The first kappa shape index (κ1) is 32.0. The van der Waals surface area contributed by atoms with Gasteiger partial charge in [-0.2, -0.15) is 0 Å². The number of ketones is 1. The van der Waals surface area contributed by atoms with Gasteiger partial charge in [0.05, 0.1) is 42.6 Å². The molecule has 2 aliphatic carbocycles. The van der Waals surface area contributed by atoms with Gasteiger partial charge in [0, 0.05) is 13.0 Å². The Bertz CT molecular complexity index is 2120. The van der Waals surface area contributed by atoms with E-state index in [1.807, 2.05) is 109 Å². The molecule has 1 saturated carbocycles. The van der Waals surface area contributed by atoms with E-state index in [2.05, 4.69) is 0 Å². The quantitative estimate of drug-likeness (QED) is 0.101. The smallest absolute Gasteiger partial charge is 0.308 e. The van der Waals surface area contributed by atoms with Crippen molar-refractivity contribution in [3.8, 4) is 17.2 Å². The Hall–Kier alpha value is -6.28. The number of imide groups is 1. The van der Waals surface area contributed by atoms with E-state index in [-0.39, 0.29) is 17.2 Å². The first-order valence-electron chi connectivity index (χ1n) is 16.6. The van der Waals surface area contributed by atoms with Crippen molar-refractivity contribution in [3.05, 3.63) is 156 Å². The van der Waals surface area contributed by atoms with Crippen LogP contribution in [0.25, 0.3) is 11.1 Å². The number of anilines is 1. The van der Waals surface area contributed by atoms with Crippen molar-refractivity contribution < 1.29 is 33.4 Å². The number of rotatable bonds is 8.